The summed E-state index contributed by atoms with van der Waals surface area (Å²) >= 11 is 1.63. The SMILES string of the molecule is CCOC(=O)c1cc2cc(C=O)c(SCC)cc2[se]1. The van der Waals surface area contributed by atoms with Crippen molar-refractivity contribution in [3.8, 4) is 0 Å². The van der Waals surface area contributed by atoms with Gasteiger partial charge in [0.05, 0.1) is 0 Å². The van der Waals surface area contributed by atoms with Crippen LogP contribution in [0.1, 0.15) is 33.4 Å². The molecule has 0 aliphatic heterocycles. The average Bonchev–Trinajstić information content (AvgIpc) is 2.81. The number of esters is 1. The number of fused-ring (bicyclic) bond motifs is 1. The minimum atomic E-state index is -0.240. The first-order valence-corrected chi connectivity index (χ1v) is 8.72. The molecule has 2 rings (SSSR count). The second-order valence-electron chi connectivity index (χ2n) is 3.81. The molecular weight excluding hydrogens is 327 g/mol. The van der Waals surface area contributed by atoms with Crippen LogP contribution >= 0.6 is 11.8 Å². The van der Waals surface area contributed by atoms with Gasteiger partial charge in [-0.15, -0.1) is 0 Å². The maximum atomic E-state index is 11.7. The van der Waals surface area contributed by atoms with Crippen LogP contribution in [0.3, 0.4) is 0 Å². The van der Waals surface area contributed by atoms with Gasteiger partial charge in [-0.25, -0.2) is 0 Å². The predicted molar refractivity (Wildman–Crippen MR) is 78.6 cm³/mol. The number of carbonyl (C=O) groups is 2. The van der Waals surface area contributed by atoms with Crippen LogP contribution in [0.15, 0.2) is 23.1 Å². The van der Waals surface area contributed by atoms with Crippen molar-refractivity contribution in [3.05, 3.63) is 28.2 Å². The number of benzene rings is 1. The summed E-state index contributed by atoms with van der Waals surface area (Å²) in [6.07, 6.45) is 0.876. The van der Waals surface area contributed by atoms with Gasteiger partial charge < -0.3 is 0 Å². The molecule has 0 unspecified atom stereocenters. The number of thioether (sulfide) groups is 1. The molecule has 1 aromatic carbocycles. The number of rotatable bonds is 5. The summed E-state index contributed by atoms with van der Waals surface area (Å²) in [6, 6.07) is 5.75. The third-order valence-corrected chi connectivity index (χ3v) is 5.77. The molecule has 100 valence electrons. The van der Waals surface area contributed by atoms with Gasteiger partial charge in [0.25, 0.3) is 0 Å². The van der Waals surface area contributed by atoms with Crippen LogP contribution in [0.5, 0.6) is 0 Å². The standard InChI is InChI=1S/C14H14O3SSe/c1-3-17-14(16)13-6-9-5-10(8-15)11(18-4-2)7-12(9)19-13/h5-8H,3-4H2,1-2H3. The Hall–Kier alpha value is -1.03. The minimum absolute atomic E-state index is 0.0218. The van der Waals surface area contributed by atoms with Crippen LogP contribution in [0.25, 0.3) is 9.65 Å². The van der Waals surface area contributed by atoms with Crippen molar-refractivity contribution in [1.82, 2.24) is 0 Å². The third kappa shape index (κ3) is 3.11. The fraction of sp³-hybridized carbons (Fsp3) is 0.286. The normalized spacial score (nSPS) is 10.6. The number of carbonyl (C=O) groups excluding carboxylic acids is 2. The van der Waals surface area contributed by atoms with Gasteiger partial charge in [0.2, 0.25) is 0 Å². The molecule has 0 saturated carbocycles. The molecule has 0 fully saturated rings. The average molecular weight is 341 g/mol. The van der Waals surface area contributed by atoms with E-state index < -0.39 is 0 Å². The first-order valence-electron chi connectivity index (χ1n) is 6.02. The van der Waals surface area contributed by atoms with Crippen LogP contribution in [-0.4, -0.2) is 39.1 Å². The van der Waals surface area contributed by atoms with Crippen LogP contribution in [-0.2, 0) is 4.74 Å². The molecular formula is C14H14O3SSe. The molecule has 19 heavy (non-hydrogen) atoms. The van der Waals surface area contributed by atoms with E-state index in [9.17, 15) is 9.59 Å². The van der Waals surface area contributed by atoms with Crippen LogP contribution in [0, 0.1) is 0 Å². The Labute approximate surface area is 122 Å². The summed E-state index contributed by atoms with van der Waals surface area (Å²) in [5.74, 6) is 0.682. The Morgan fingerprint density at radius 3 is 2.79 bits per heavy atom. The van der Waals surface area contributed by atoms with E-state index in [-0.39, 0.29) is 20.5 Å². The number of hydrogen-bond donors (Lipinski definition) is 0. The summed E-state index contributed by atoms with van der Waals surface area (Å²) in [4.78, 5) is 23.8. The molecule has 0 saturated heterocycles. The van der Waals surface area contributed by atoms with Gasteiger partial charge in [0.1, 0.15) is 0 Å². The van der Waals surface area contributed by atoms with E-state index in [4.69, 9.17) is 4.74 Å². The molecule has 5 heteroatoms. The Morgan fingerprint density at radius 2 is 2.16 bits per heavy atom. The van der Waals surface area contributed by atoms with E-state index in [1.165, 1.54) is 0 Å². The molecule has 0 aliphatic carbocycles. The van der Waals surface area contributed by atoms with Crippen LogP contribution < -0.4 is 0 Å². The summed E-state index contributed by atoms with van der Waals surface area (Å²) in [5, 5.41) is 0.977. The Balaban J connectivity index is 2.47. The van der Waals surface area contributed by atoms with Crippen LogP contribution in [0.2, 0.25) is 0 Å². The number of hydrogen-bond acceptors (Lipinski definition) is 4. The predicted octanol–water partition coefficient (Wildman–Crippen LogP) is 3.00. The topological polar surface area (TPSA) is 43.4 Å². The fourth-order valence-electron chi connectivity index (χ4n) is 1.76. The van der Waals surface area contributed by atoms with Gasteiger partial charge in [0.15, 0.2) is 0 Å². The summed E-state index contributed by atoms with van der Waals surface area (Å²) < 4.78 is 6.90. The van der Waals surface area contributed by atoms with Gasteiger partial charge in [0, 0.05) is 0 Å². The summed E-state index contributed by atoms with van der Waals surface area (Å²) in [5.41, 5.74) is 0.697. The number of aldehydes is 1. The summed E-state index contributed by atoms with van der Waals surface area (Å²) in [7, 11) is 0. The Kier molecular flexibility index (Phi) is 4.86. The molecule has 0 radical (unpaired) electrons. The van der Waals surface area contributed by atoms with E-state index in [0.29, 0.717) is 12.2 Å². The molecule has 2 aromatic rings. The van der Waals surface area contributed by atoms with Crippen LogP contribution in [0.4, 0.5) is 0 Å². The molecule has 0 N–H and O–H groups in total. The van der Waals surface area contributed by atoms with Crippen molar-refractivity contribution < 1.29 is 14.3 Å². The first-order chi connectivity index (χ1) is 9.19. The van der Waals surface area contributed by atoms with Gasteiger partial charge in [-0.3, -0.25) is 0 Å². The van der Waals surface area contributed by atoms with Crippen molar-refractivity contribution in [2.75, 3.05) is 12.4 Å². The molecule has 0 bridgehead atoms. The van der Waals surface area contributed by atoms with E-state index in [2.05, 4.69) is 6.92 Å². The van der Waals surface area contributed by atoms with Gasteiger partial charge in [-0.1, -0.05) is 0 Å². The third-order valence-electron chi connectivity index (χ3n) is 2.55. The Bertz CT molecular complexity index is 618. The molecule has 0 aliphatic rings. The van der Waals surface area contributed by atoms with Crippen molar-refractivity contribution in [2.24, 2.45) is 0 Å². The molecule has 0 amide bonds. The second kappa shape index (κ2) is 6.42. The van der Waals surface area contributed by atoms with Crippen molar-refractivity contribution in [1.29, 1.82) is 0 Å². The number of ether oxygens (including phenoxy) is 1. The van der Waals surface area contributed by atoms with Crippen molar-refractivity contribution in [3.63, 3.8) is 0 Å². The molecule has 3 nitrogen and oxygen atoms in total. The van der Waals surface area contributed by atoms with Gasteiger partial charge >= 0.3 is 122 Å². The van der Waals surface area contributed by atoms with Crippen molar-refractivity contribution >= 4 is 48.2 Å². The summed E-state index contributed by atoms with van der Waals surface area (Å²) in [6.45, 7) is 4.24. The van der Waals surface area contributed by atoms with E-state index in [0.717, 1.165) is 31.0 Å². The maximum absolute atomic E-state index is 11.7. The van der Waals surface area contributed by atoms with Crippen molar-refractivity contribution in [2.45, 2.75) is 18.7 Å². The van der Waals surface area contributed by atoms with Gasteiger partial charge in [-0.2, -0.15) is 0 Å². The molecule has 0 spiro atoms. The zero-order chi connectivity index (χ0) is 13.8. The van der Waals surface area contributed by atoms with E-state index in [1.54, 1.807) is 18.7 Å². The Morgan fingerprint density at radius 1 is 1.37 bits per heavy atom. The van der Waals surface area contributed by atoms with Gasteiger partial charge in [-0.05, 0) is 0 Å². The second-order valence-corrected chi connectivity index (χ2v) is 7.39. The fourth-order valence-corrected chi connectivity index (χ4v) is 4.77. The zero-order valence-corrected chi connectivity index (χ0v) is 13.3. The molecule has 1 aromatic heterocycles. The molecule has 0 atom stereocenters. The van der Waals surface area contributed by atoms with E-state index in [1.807, 2.05) is 18.2 Å². The monoisotopic (exact) mass is 342 g/mol. The molecule has 1 heterocycles. The quantitative estimate of drug-likeness (QED) is 0.363. The first kappa shape index (κ1) is 14.4. The zero-order valence-electron chi connectivity index (χ0n) is 10.8. The van der Waals surface area contributed by atoms with E-state index >= 15 is 0 Å².